The van der Waals surface area contributed by atoms with Gasteiger partial charge in [0.05, 0.1) is 6.42 Å². The predicted octanol–water partition coefficient (Wildman–Crippen LogP) is 2.73. The number of carbonyl (C=O) groups is 1. The van der Waals surface area contributed by atoms with E-state index in [0.717, 1.165) is 0 Å². The lowest BCUT2D eigenvalue weighted by Crippen LogP contribution is -2.18. The predicted molar refractivity (Wildman–Crippen MR) is 35.3 cm³/mol. The Kier molecular flexibility index (Phi) is 3.86. The number of carbonyl (C=O) groups excluding carboxylic acids is 1. The minimum atomic E-state index is -4.30. The van der Waals surface area contributed by atoms with Crippen molar-refractivity contribution in [2.75, 3.05) is 0 Å². The Morgan fingerprint density at radius 3 is 2.09 bits per heavy atom. The van der Waals surface area contributed by atoms with Crippen molar-refractivity contribution in [3.8, 4) is 0 Å². The van der Waals surface area contributed by atoms with E-state index in [9.17, 15) is 18.0 Å². The van der Waals surface area contributed by atoms with Gasteiger partial charge in [-0.3, -0.25) is 4.79 Å². The summed E-state index contributed by atoms with van der Waals surface area (Å²) in [6.07, 6.45) is -5.29. The van der Waals surface area contributed by atoms with Gasteiger partial charge in [-0.1, -0.05) is 6.92 Å². The molecule has 66 valence electrons. The first-order chi connectivity index (χ1) is 4.87. The molecule has 1 nitrogen and oxygen atoms in total. The highest BCUT2D eigenvalue weighted by Gasteiger charge is 2.33. The van der Waals surface area contributed by atoms with E-state index in [-0.39, 0.29) is 6.42 Å². The van der Waals surface area contributed by atoms with Crippen molar-refractivity contribution in [3.63, 3.8) is 0 Å². The third-order valence-corrected chi connectivity index (χ3v) is 1.60. The summed E-state index contributed by atoms with van der Waals surface area (Å²) in [6, 6.07) is 0. The summed E-state index contributed by atoms with van der Waals surface area (Å²) in [4.78, 5) is 10.3. The molecule has 0 spiro atoms. The molecule has 0 aliphatic heterocycles. The van der Waals surface area contributed by atoms with Crippen LogP contribution in [0, 0.1) is 5.92 Å². The normalized spacial score (nSPS) is 14.6. The summed E-state index contributed by atoms with van der Waals surface area (Å²) in [5.41, 5.74) is 0. The summed E-state index contributed by atoms with van der Waals surface area (Å²) in [5.74, 6) is -1.09. The van der Waals surface area contributed by atoms with Crippen LogP contribution in [0.5, 0.6) is 0 Å². The van der Waals surface area contributed by atoms with Gasteiger partial charge >= 0.3 is 6.18 Å². The molecule has 0 aliphatic carbocycles. The molecule has 0 bridgehead atoms. The second-order valence-corrected chi connectivity index (χ2v) is 2.60. The summed E-state index contributed by atoms with van der Waals surface area (Å²) >= 11 is 4.91. The van der Waals surface area contributed by atoms with Gasteiger partial charge in [-0.2, -0.15) is 13.2 Å². The molecule has 11 heavy (non-hydrogen) atoms. The minimum absolute atomic E-state index is 0.127. The third kappa shape index (κ3) is 5.07. The van der Waals surface area contributed by atoms with E-state index >= 15 is 0 Å². The molecule has 5 heteroatoms. The molecule has 0 aliphatic rings. The second-order valence-electron chi connectivity index (χ2n) is 2.23. The molecule has 0 fully saturated rings. The van der Waals surface area contributed by atoms with Crippen LogP contribution in [0.1, 0.15) is 19.8 Å². The molecule has 0 rings (SSSR count). The first-order valence-electron chi connectivity index (χ1n) is 3.13. The molecule has 0 saturated carbocycles. The van der Waals surface area contributed by atoms with E-state index in [1.165, 1.54) is 6.92 Å². The number of halogens is 4. The van der Waals surface area contributed by atoms with Crippen LogP contribution < -0.4 is 0 Å². The topological polar surface area (TPSA) is 17.1 Å². The molecule has 0 amide bonds. The van der Waals surface area contributed by atoms with Crippen molar-refractivity contribution in [3.05, 3.63) is 0 Å². The van der Waals surface area contributed by atoms with Gasteiger partial charge in [-0.25, -0.2) is 0 Å². The van der Waals surface area contributed by atoms with Crippen molar-refractivity contribution in [1.29, 1.82) is 0 Å². The van der Waals surface area contributed by atoms with Crippen molar-refractivity contribution in [2.24, 2.45) is 5.92 Å². The van der Waals surface area contributed by atoms with Crippen LogP contribution in [0.15, 0.2) is 0 Å². The van der Waals surface area contributed by atoms with Gasteiger partial charge in [0.2, 0.25) is 5.24 Å². The lowest BCUT2D eigenvalue weighted by molar-refractivity contribution is -0.150. The standard InChI is InChI=1S/C6H8ClF3O/c1-2-4(5(7)11)3-6(8,9)10/h4H,2-3H2,1H3. The van der Waals surface area contributed by atoms with Crippen LogP contribution in [0.3, 0.4) is 0 Å². The molecule has 0 saturated heterocycles. The molecule has 0 aromatic carbocycles. The van der Waals surface area contributed by atoms with Crippen LogP contribution in [0.4, 0.5) is 13.2 Å². The van der Waals surface area contributed by atoms with Crippen LogP contribution in [0.25, 0.3) is 0 Å². The maximum atomic E-state index is 11.6. The Balaban J connectivity index is 3.99. The van der Waals surface area contributed by atoms with Crippen LogP contribution in [-0.4, -0.2) is 11.4 Å². The maximum absolute atomic E-state index is 11.6. The summed E-state index contributed by atoms with van der Waals surface area (Å²) in [7, 11) is 0. The zero-order valence-electron chi connectivity index (χ0n) is 5.91. The van der Waals surface area contributed by atoms with Gasteiger partial charge in [0.25, 0.3) is 0 Å². The van der Waals surface area contributed by atoms with Crippen molar-refractivity contribution >= 4 is 16.8 Å². The van der Waals surface area contributed by atoms with Gasteiger partial charge in [0, 0.05) is 5.92 Å². The fraction of sp³-hybridized carbons (Fsp3) is 0.833. The smallest absolute Gasteiger partial charge is 0.281 e. The van der Waals surface area contributed by atoms with E-state index in [4.69, 9.17) is 11.6 Å². The lowest BCUT2D eigenvalue weighted by Gasteiger charge is -2.11. The Bertz CT molecular complexity index is 143. The monoisotopic (exact) mass is 188 g/mol. The van der Waals surface area contributed by atoms with Crippen LogP contribution >= 0.6 is 11.6 Å². The highest BCUT2D eigenvalue weighted by Crippen LogP contribution is 2.27. The van der Waals surface area contributed by atoms with Crippen LogP contribution in [-0.2, 0) is 4.79 Å². The van der Waals surface area contributed by atoms with Crippen molar-refractivity contribution < 1.29 is 18.0 Å². The van der Waals surface area contributed by atoms with Gasteiger partial charge < -0.3 is 0 Å². The summed E-state index contributed by atoms with van der Waals surface area (Å²) < 4.78 is 34.9. The third-order valence-electron chi connectivity index (χ3n) is 1.29. The molecule has 0 radical (unpaired) electrons. The van der Waals surface area contributed by atoms with Gasteiger partial charge in [-0.15, -0.1) is 0 Å². The lowest BCUT2D eigenvalue weighted by atomic mass is 10.0. The SMILES string of the molecule is CCC(CC(F)(F)F)C(=O)Cl. The molecule has 0 heterocycles. The molecular formula is C6H8ClF3O. The van der Waals surface area contributed by atoms with E-state index in [2.05, 4.69) is 0 Å². The quantitative estimate of drug-likeness (QED) is 0.623. The van der Waals surface area contributed by atoms with Gasteiger partial charge in [0.15, 0.2) is 0 Å². The first-order valence-corrected chi connectivity index (χ1v) is 3.50. The highest BCUT2D eigenvalue weighted by atomic mass is 35.5. The van der Waals surface area contributed by atoms with Gasteiger partial charge in [-0.05, 0) is 18.0 Å². The Morgan fingerprint density at radius 1 is 1.55 bits per heavy atom. The van der Waals surface area contributed by atoms with E-state index in [1.807, 2.05) is 0 Å². The number of rotatable bonds is 3. The van der Waals surface area contributed by atoms with Crippen molar-refractivity contribution in [2.45, 2.75) is 25.9 Å². The zero-order valence-corrected chi connectivity index (χ0v) is 6.67. The molecule has 1 unspecified atom stereocenters. The average Bonchev–Trinajstić information content (AvgIpc) is 1.80. The number of hydrogen-bond acceptors (Lipinski definition) is 1. The first kappa shape index (κ1) is 10.8. The van der Waals surface area contributed by atoms with Gasteiger partial charge in [0.1, 0.15) is 0 Å². The maximum Gasteiger partial charge on any atom is 0.389 e. The summed E-state index contributed by atoms with van der Waals surface area (Å²) in [5, 5.41) is -0.912. The number of hydrogen-bond donors (Lipinski definition) is 0. The van der Waals surface area contributed by atoms with E-state index < -0.39 is 23.8 Å². The summed E-state index contributed by atoms with van der Waals surface area (Å²) in [6.45, 7) is 1.50. The fourth-order valence-electron chi connectivity index (χ4n) is 0.664. The minimum Gasteiger partial charge on any atom is -0.281 e. The molecule has 0 N–H and O–H groups in total. The van der Waals surface area contributed by atoms with E-state index in [1.54, 1.807) is 0 Å². The van der Waals surface area contributed by atoms with Crippen LogP contribution in [0.2, 0.25) is 0 Å². The Morgan fingerprint density at radius 2 is 2.00 bits per heavy atom. The molecule has 0 aromatic heterocycles. The van der Waals surface area contributed by atoms with Crippen molar-refractivity contribution in [1.82, 2.24) is 0 Å². The largest absolute Gasteiger partial charge is 0.389 e. The fourth-order valence-corrected chi connectivity index (χ4v) is 0.896. The molecule has 0 aromatic rings. The Labute approximate surface area is 67.5 Å². The Hall–Kier alpha value is -0.250. The van der Waals surface area contributed by atoms with E-state index in [0.29, 0.717) is 0 Å². The zero-order chi connectivity index (χ0) is 9.07. The number of alkyl halides is 3. The highest BCUT2D eigenvalue weighted by molar-refractivity contribution is 6.63. The second kappa shape index (κ2) is 3.95. The molecular weight excluding hydrogens is 181 g/mol. The molecule has 1 atom stereocenters. The average molecular weight is 189 g/mol.